The first-order chi connectivity index (χ1) is 10.2. The summed E-state index contributed by atoms with van der Waals surface area (Å²) in [5.74, 6) is 0.372. The van der Waals surface area contributed by atoms with Gasteiger partial charge in [0, 0.05) is 5.56 Å². The average Bonchev–Trinajstić information content (AvgIpc) is 2.44. The van der Waals surface area contributed by atoms with Crippen LogP contribution in [0, 0.1) is 5.82 Å². The first-order valence-corrected chi connectivity index (χ1v) is 7.79. The zero-order valence-electron chi connectivity index (χ0n) is 12.1. The zero-order chi connectivity index (χ0) is 14.8. The lowest BCUT2D eigenvalue weighted by Crippen LogP contribution is -2.19. The van der Waals surface area contributed by atoms with Gasteiger partial charge in [0.25, 0.3) is 0 Å². The van der Waals surface area contributed by atoms with Gasteiger partial charge in [0.15, 0.2) is 0 Å². The van der Waals surface area contributed by atoms with E-state index in [1.54, 1.807) is 18.2 Å². The second-order valence-electron chi connectivity index (χ2n) is 5.66. The van der Waals surface area contributed by atoms with Gasteiger partial charge in [-0.25, -0.2) is 4.39 Å². The van der Waals surface area contributed by atoms with Crippen molar-refractivity contribution in [2.24, 2.45) is 0 Å². The molecule has 1 N–H and O–H groups in total. The Balaban J connectivity index is 1.90. The SMILES string of the molecule is CNC(c1ccc(C2CCC2)cc1)c1cccc(Cl)c1F. The molecule has 1 atom stereocenters. The highest BCUT2D eigenvalue weighted by Gasteiger charge is 2.21. The van der Waals surface area contributed by atoms with Gasteiger partial charge in [-0.3, -0.25) is 0 Å². The molecule has 0 aliphatic heterocycles. The molecule has 1 nitrogen and oxygen atoms in total. The molecule has 0 aromatic heterocycles. The van der Waals surface area contributed by atoms with Gasteiger partial charge in [0.2, 0.25) is 0 Å². The third-order valence-electron chi connectivity index (χ3n) is 4.43. The van der Waals surface area contributed by atoms with E-state index < -0.39 is 0 Å². The molecule has 2 aromatic carbocycles. The molecule has 2 aromatic rings. The first kappa shape index (κ1) is 14.6. The minimum atomic E-state index is -0.346. The standard InChI is InChI=1S/C18H19ClFN/c1-21-18(15-6-3-7-16(19)17(15)20)14-10-8-13(9-11-14)12-4-2-5-12/h3,6-12,18,21H,2,4-5H2,1H3. The molecule has 3 rings (SSSR count). The molecule has 1 aliphatic rings. The predicted octanol–water partition coefficient (Wildman–Crippen LogP) is 5.06. The fraction of sp³-hybridized carbons (Fsp3) is 0.333. The van der Waals surface area contributed by atoms with Crippen LogP contribution >= 0.6 is 11.6 Å². The van der Waals surface area contributed by atoms with Crippen molar-refractivity contribution in [1.29, 1.82) is 0 Å². The van der Waals surface area contributed by atoms with E-state index in [-0.39, 0.29) is 16.9 Å². The van der Waals surface area contributed by atoms with Crippen LogP contribution < -0.4 is 5.32 Å². The molecule has 110 valence electrons. The monoisotopic (exact) mass is 303 g/mol. The number of hydrogen-bond acceptors (Lipinski definition) is 1. The van der Waals surface area contributed by atoms with Crippen molar-refractivity contribution in [3.63, 3.8) is 0 Å². The average molecular weight is 304 g/mol. The largest absolute Gasteiger partial charge is 0.309 e. The molecule has 1 aliphatic carbocycles. The Kier molecular flexibility index (Phi) is 4.27. The highest BCUT2D eigenvalue weighted by Crippen LogP contribution is 2.37. The Morgan fingerprint density at radius 2 is 1.86 bits per heavy atom. The maximum Gasteiger partial charge on any atom is 0.146 e. The lowest BCUT2D eigenvalue weighted by atomic mass is 9.79. The van der Waals surface area contributed by atoms with Gasteiger partial charge in [-0.05, 0) is 43.0 Å². The van der Waals surface area contributed by atoms with Crippen LogP contribution in [0.3, 0.4) is 0 Å². The van der Waals surface area contributed by atoms with Gasteiger partial charge in [0.05, 0.1) is 11.1 Å². The minimum absolute atomic E-state index is 0.166. The number of hydrogen-bond donors (Lipinski definition) is 1. The lowest BCUT2D eigenvalue weighted by molar-refractivity contribution is 0.419. The van der Waals surface area contributed by atoms with Crippen LogP contribution in [0.25, 0.3) is 0 Å². The van der Waals surface area contributed by atoms with Crippen molar-refractivity contribution < 1.29 is 4.39 Å². The Morgan fingerprint density at radius 3 is 2.43 bits per heavy atom. The van der Waals surface area contributed by atoms with Crippen LogP contribution in [0.15, 0.2) is 42.5 Å². The van der Waals surface area contributed by atoms with E-state index in [0.29, 0.717) is 5.56 Å². The van der Waals surface area contributed by atoms with Crippen LogP contribution in [0.5, 0.6) is 0 Å². The number of halogens is 2. The maximum absolute atomic E-state index is 14.2. The highest BCUT2D eigenvalue weighted by atomic mass is 35.5. The van der Waals surface area contributed by atoms with E-state index in [0.717, 1.165) is 11.5 Å². The molecule has 0 amide bonds. The van der Waals surface area contributed by atoms with E-state index in [1.807, 2.05) is 7.05 Å². The van der Waals surface area contributed by atoms with Gasteiger partial charge < -0.3 is 5.32 Å². The molecular weight excluding hydrogens is 285 g/mol. The topological polar surface area (TPSA) is 12.0 Å². The van der Waals surface area contributed by atoms with Gasteiger partial charge in [-0.15, -0.1) is 0 Å². The first-order valence-electron chi connectivity index (χ1n) is 7.41. The van der Waals surface area contributed by atoms with Gasteiger partial charge in [0.1, 0.15) is 5.82 Å². The number of benzene rings is 2. The van der Waals surface area contributed by atoms with Gasteiger partial charge in [-0.1, -0.05) is 54.4 Å². The summed E-state index contributed by atoms with van der Waals surface area (Å²) in [7, 11) is 1.84. The second-order valence-corrected chi connectivity index (χ2v) is 6.07. The van der Waals surface area contributed by atoms with Crippen LogP contribution in [-0.4, -0.2) is 7.05 Å². The van der Waals surface area contributed by atoms with Crippen LogP contribution in [0.2, 0.25) is 5.02 Å². The third-order valence-corrected chi connectivity index (χ3v) is 4.72. The van der Waals surface area contributed by atoms with Crippen molar-refractivity contribution in [2.75, 3.05) is 7.05 Å². The van der Waals surface area contributed by atoms with Crippen molar-refractivity contribution in [2.45, 2.75) is 31.2 Å². The van der Waals surface area contributed by atoms with Gasteiger partial charge >= 0.3 is 0 Å². The molecular formula is C18H19ClFN. The summed E-state index contributed by atoms with van der Waals surface area (Å²) in [5, 5.41) is 3.35. The second kappa shape index (κ2) is 6.17. The van der Waals surface area contributed by atoms with Crippen molar-refractivity contribution >= 4 is 11.6 Å². The minimum Gasteiger partial charge on any atom is -0.309 e. The van der Waals surface area contributed by atoms with E-state index in [2.05, 4.69) is 29.6 Å². The van der Waals surface area contributed by atoms with E-state index >= 15 is 0 Å². The fourth-order valence-electron chi connectivity index (χ4n) is 2.95. The van der Waals surface area contributed by atoms with Crippen molar-refractivity contribution in [3.05, 3.63) is 70.0 Å². The number of nitrogens with one attached hydrogen (secondary N) is 1. The quantitative estimate of drug-likeness (QED) is 0.833. The van der Waals surface area contributed by atoms with Gasteiger partial charge in [-0.2, -0.15) is 0 Å². The maximum atomic E-state index is 14.2. The third kappa shape index (κ3) is 2.83. The molecule has 0 radical (unpaired) electrons. The Bertz CT molecular complexity index is 620. The Labute approximate surface area is 130 Å². The van der Waals surface area contributed by atoms with E-state index in [1.165, 1.54) is 24.8 Å². The summed E-state index contributed by atoms with van der Waals surface area (Å²) in [4.78, 5) is 0. The van der Waals surface area contributed by atoms with Crippen molar-refractivity contribution in [1.82, 2.24) is 5.32 Å². The highest BCUT2D eigenvalue weighted by molar-refractivity contribution is 6.30. The summed E-state index contributed by atoms with van der Waals surface area (Å²) in [6.45, 7) is 0. The molecule has 0 spiro atoms. The zero-order valence-corrected chi connectivity index (χ0v) is 12.8. The summed E-state index contributed by atoms with van der Waals surface area (Å²) in [6.07, 6.45) is 3.91. The fourth-order valence-corrected chi connectivity index (χ4v) is 3.13. The predicted molar refractivity (Wildman–Crippen MR) is 85.3 cm³/mol. The summed E-state index contributed by atoms with van der Waals surface area (Å²) < 4.78 is 14.2. The molecule has 1 saturated carbocycles. The summed E-state index contributed by atoms with van der Waals surface area (Å²) in [6, 6.07) is 13.5. The summed E-state index contributed by atoms with van der Waals surface area (Å²) in [5.41, 5.74) is 3.04. The van der Waals surface area contributed by atoms with Crippen LogP contribution in [0.1, 0.15) is 47.9 Å². The lowest BCUT2D eigenvalue weighted by Gasteiger charge is -2.26. The Hall–Kier alpha value is -1.38. The van der Waals surface area contributed by atoms with E-state index in [4.69, 9.17) is 11.6 Å². The van der Waals surface area contributed by atoms with E-state index in [9.17, 15) is 4.39 Å². The molecule has 1 unspecified atom stereocenters. The molecule has 0 saturated heterocycles. The number of rotatable bonds is 4. The Morgan fingerprint density at radius 1 is 1.14 bits per heavy atom. The normalized spacial score (nSPS) is 16.5. The van der Waals surface area contributed by atoms with Crippen molar-refractivity contribution in [3.8, 4) is 0 Å². The molecule has 0 heterocycles. The smallest absolute Gasteiger partial charge is 0.146 e. The molecule has 1 fully saturated rings. The molecule has 21 heavy (non-hydrogen) atoms. The van der Waals surface area contributed by atoms with Crippen LogP contribution in [0.4, 0.5) is 4.39 Å². The summed E-state index contributed by atoms with van der Waals surface area (Å²) >= 11 is 5.89. The van der Waals surface area contributed by atoms with Crippen LogP contribution in [-0.2, 0) is 0 Å². The molecule has 3 heteroatoms. The molecule has 0 bridgehead atoms.